The molecule has 0 fully saturated rings. The van der Waals surface area contributed by atoms with Crippen molar-refractivity contribution in [3.63, 3.8) is 0 Å². The fraction of sp³-hybridized carbons (Fsp3) is 0.571. The molecule has 5 heteroatoms. The van der Waals surface area contributed by atoms with Crippen molar-refractivity contribution < 1.29 is 13.5 Å². The predicted molar refractivity (Wildman–Crippen MR) is 77.3 cm³/mol. The fourth-order valence-corrected chi connectivity index (χ4v) is 3.19. The van der Waals surface area contributed by atoms with E-state index in [4.69, 9.17) is 0 Å². The smallest absolute Gasteiger partial charge is 0.147 e. The average Bonchev–Trinajstić information content (AvgIpc) is 2.69. The van der Waals surface area contributed by atoms with Crippen molar-refractivity contribution in [2.45, 2.75) is 25.4 Å². The number of fused-ring (bicyclic) bond motifs is 1. The quantitative estimate of drug-likeness (QED) is 0.890. The Morgan fingerprint density at radius 2 is 2.16 bits per heavy atom. The molecule has 0 radical (unpaired) electrons. The molecule has 1 aromatic rings. The van der Waals surface area contributed by atoms with Gasteiger partial charge in [0.05, 0.1) is 6.10 Å². The number of anilines is 1. The third kappa shape index (κ3) is 3.70. The van der Waals surface area contributed by atoms with Gasteiger partial charge in [-0.25, -0.2) is 8.42 Å². The van der Waals surface area contributed by atoms with Crippen LogP contribution in [0.15, 0.2) is 18.2 Å². The molecule has 0 spiro atoms. The number of likely N-dealkylation sites (N-methyl/N-ethyl adjacent to an activating group) is 1. The first-order chi connectivity index (χ1) is 8.87. The standard InChI is InChI=1S/C14H21NO3S/c1-15-8-7-11-10-12(5-6-13(11)15)14(16)4-3-9-19(2,17)18/h5-6,10,14,16H,3-4,7-9H2,1-2H3. The number of aliphatic hydroxyl groups is 1. The zero-order valence-electron chi connectivity index (χ0n) is 11.5. The normalized spacial score (nSPS) is 16.5. The lowest BCUT2D eigenvalue weighted by atomic mass is 10.0. The largest absolute Gasteiger partial charge is 0.388 e. The third-order valence-electron chi connectivity index (χ3n) is 3.61. The molecular formula is C14H21NO3S. The van der Waals surface area contributed by atoms with Crippen molar-refractivity contribution in [2.75, 3.05) is 30.5 Å². The highest BCUT2D eigenvalue weighted by Gasteiger charge is 2.18. The van der Waals surface area contributed by atoms with Crippen LogP contribution < -0.4 is 4.90 Å². The van der Waals surface area contributed by atoms with E-state index in [9.17, 15) is 13.5 Å². The van der Waals surface area contributed by atoms with Gasteiger partial charge in [0.25, 0.3) is 0 Å². The van der Waals surface area contributed by atoms with Gasteiger partial charge in [0, 0.05) is 31.3 Å². The Labute approximate surface area is 115 Å². The Morgan fingerprint density at radius 1 is 1.42 bits per heavy atom. The summed E-state index contributed by atoms with van der Waals surface area (Å²) in [6, 6.07) is 6.02. The summed E-state index contributed by atoms with van der Waals surface area (Å²) in [5.74, 6) is 0.137. The van der Waals surface area contributed by atoms with Gasteiger partial charge in [-0.2, -0.15) is 0 Å². The van der Waals surface area contributed by atoms with Crippen LogP contribution in [0.25, 0.3) is 0 Å². The van der Waals surface area contributed by atoms with Crippen LogP contribution in [0.2, 0.25) is 0 Å². The Bertz CT molecular complexity index is 554. The van der Waals surface area contributed by atoms with Gasteiger partial charge >= 0.3 is 0 Å². The van der Waals surface area contributed by atoms with Crippen molar-refractivity contribution in [1.29, 1.82) is 0 Å². The van der Waals surface area contributed by atoms with Gasteiger partial charge in [-0.15, -0.1) is 0 Å². The second kappa shape index (κ2) is 5.51. The number of hydrogen-bond acceptors (Lipinski definition) is 4. The zero-order chi connectivity index (χ0) is 14.0. The molecule has 4 nitrogen and oxygen atoms in total. The van der Waals surface area contributed by atoms with Crippen LogP contribution in [0.1, 0.15) is 30.1 Å². The van der Waals surface area contributed by atoms with E-state index in [1.807, 2.05) is 18.2 Å². The second-order valence-corrected chi connectivity index (χ2v) is 7.61. The SMILES string of the molecule is CN1CCc2cc(C(O)CCCS(C)(=O)=O)ccc21. The van der Waals surface area contributed by atoms with Crippen molar-refractivity contribution in [3.05, 3.63) is 29.3 Å². The molecule has 0 saturated carbocycles. The van der Waals surface area contributed by atoms with E-state index in [0.29, 0.717) is 12.8 Å². The van der Waals surface area contributed by atoms with Crippen molar-refractivity contribution in [3.8, 4) is 0 Å². The molecule has 2 rings (SSSR count). The number of aliphatic hydroxyl groups excluding tert-OH is 1. The summed E-state index contributed by atoms with van der Waals surface area (Å²) in [7, 11) is -0.873. The minimum atomic E-state index is -2.94. The number of benzene rings is 1. The van der Waals surface area contributed by atoms with E-state index >= 15 is 0 Å². The Balaban J connectivity index is 1.98. The summed E-state index contributed by atoms with van der Waals surface area (Å²) in [4.78, 5) is 2.20. The number of nitrogens with zero attached hydrogens (tertiary/aromatic N) is 1. The molecular weight excluding hydrogens is 262 g/mol. The summed E-state index contributed by atoms with van der Waals surface area (Å²) >= 11 is 0. The number of hydrogen-bond donors (Lipinski definition) is 1. The first kappa shape index (κ1) is 14.3. The minimum absolute atomic E-state index is 0.137. The van der Waals surface area contributed by atoms with Crippen molar-refractivity contribution in [1.82, 2.24) is 0 Å². The van der Waals surface area contributed by atoms with Crippen LogP contribution in [0.4, 0.5) is 5.69 Å². The minimum Gasteiger partial charge on any atom is -0.388 e. The molecule has 106 valence electrons. The lowest BCUT2D eigenvalue weighted by molar-refractivity contribution is 0.166. The summed E-state index contributed by atoms with van der Waals surface area (Å²) in [6.07, 6.45) is 2.65. The highest BCUT2D eigenvalue weighted by Crippen LogP contribution is 2.30. The average molecular weight is 283 g/mol. The molecule has 1 atom stereocenters. The lowest BCUT2D eigenvalue weighted by Crippen LogP contribution is -2.12. The van der Waals surface area contributed by atoms with Gasteiger partial charge in [-0.3, -0.25) is 0 Å². The number of sulfone groups is 1. The summed E-state index contributed by atoms with van der Waals surface area (Å²) in [5.41, 5.74) is 3.39. The van der Waals surface area contributed by atoms with E-state index in [1.165, 1.54) is 17.5 Å². The Hall–Kier alpha value is -1.07. The molecule has 0 aliphatic carbocycles. The maximum atomic E-state index is 11.1. The third-order valence-corrected chi connectivity index (χ3v) is 4.64. The molecule has 0 bridgehead atoms. The van der Waals surface area contributed by atoms with Crippen LogP contribution >= 0.6 is 0 Å². The fourth-order valence-electron chi connectivity index (χ4n) is 2.50. The molecule has 1 aromatic carbocycles. The summed E-state index contributed by atoms with van der Waals surface area (Å²) in [5, 5.41) is 10.1. The van der Waals surface area contributed by atoms with Gasteiger partial charge in [-0.1, -0.05) is 12.1 Å². The number of rotatable bonds is 5. The predicted octanol–water partition coefficient (Wildman–Crippen LogP) is 1.54. The summed E-state index contributed by atoms with van der Waals surface area (Å²) < 4.78 is 22.1. The second-order valence-electron chi connectivity index (χ2n) is 5.35. The molecule has 19 heavy (non-hydrogen) atoms. The highest BCUT2D eigenvalue weighted by molar-refractivity contribution is 7.90. The maximum absolute atomic E-state index is 11.1. The van der Waals surface area contributed by atoms with Crippen LogP contribution in [0, 0.1) is 0 Å². The molecule has 1 unspecified atom stereocenters. The monoisotopic (exact) mass is 283 g/mol. The van der Waals surface area contributed by atoms with Crippen LogP contribution in [-0.2, 0) is 16.3 Å². The molecule has 0 saturated heterocycles. The first-order valence-electron chi connectivity index (χ1n) is 6.56. The van der Waals surface area contributed by atoms with Crippen LogP contribution in [0.3, 0.4) is 0 Å². The van der Waals surface area contributed by atoms with Crippen LogP contribution in [0.5, 0.6) is 0 Å². The lowest BCUT2D eigenvalue weighted by Gasteiger charge is -2.14. The highest BCUT2D eigenvalue weighted by atomic mass is 32.2. The van der Waals surface area contributed by atoms with E-state index in [1.54, 1.807) is 0 Å². The Morgan fingerprint density at radius 3 is 2.84 bits per heavy atom. The van der Waals surface area contributed by atoms with Gasteiger partial charge in [0.15, 0.2) is 0 Å². The van der Waals surface area contributed by atoms with E-state index in [-0.39, 0.29) is 5.75 Å². The van der Waals surface area contributed by atoms with Crippen molar-refractivity contribution >= 4 is 15.5 Å². The molecule has 1 heterocycles. The van der Waals surface area contributed by atoms with E-state index in [2.05, 4.69) is 11.9 Å². The first-order valence-corrected chi connectivity index (χ1v) is 8.62. The van der Waals surface area contributed by atoms with Crippen LogP contribution in [-0.4, -0.2) is 39.1 Å². The maximum Gasteiger partial charge on any atom is 0.147 e. The molecule has 1 N–H and O–H groups in total. The van der Waals surface area contributed by atoms with E-state index < -0.39 is 15.9 Å². The molecule has 1 aliphatic rings. The van der Waals surface area contributed by atoms with Crippen molar-refractivity contribution in [2.24, 2.45) is 0 Å². The summed E-state index contributed by atoms with van der Waals surface area (Å²) in [6.45, 7) is 1.02. The molecule has 1 aliphatic heterocycles. The zero-order valence-corrected chi connectivity index (χ0v) is 12.3. The molecule has 0 amide bonds. The van der Waals surface area contributed by atoms with Gasteiger partial charge in [-0.05, 0) is 36.5 Å². The van der Waals surface area contributed by atoms with Gasteiger partial charge in [0.1, 0.15) is 9.84 Å². The van der Waals surface area contributed by atoms with E-state index in [0.717, 1.165) is 18.5 Å². The Kier molecular flexibility index (Phi) is 4.16. The van der Waals surface area contributed by atoms with Gasteiger partial charge < -0.3 is 10.0 Å². The van der Waals surface area contributed by atoms with Gasteiger partial charge in [0.2, 0.25) is 0 Å². The molecule has 0 aromatic heterocycles. The topological polar surface area (TPSA) is 57.6 Å².